The van der Waals surface area contributed by atoms with Gasteiger partial charge < -0.3 is 29.1 Å². The van der Waals surface area contributed by atoms with Crippen molar-refractivity contribution in [3.05, 3.63) is 31.7 Å². The zero-order chi connectivity index (χ0) is 21.2. The van der Waals surface area contributed by atoms with Crippen molar-refractivity contribution in [3.8, 4) is 0 Å². The molecular weight excluding hydrogens is 492 g/mol. The third-order valence-electron chi connectivity index (χ3n) is 6.79. The van der Waals surface area contributed by atoms with Crippen molar-refractivity contribution in [2.24, 2.45) is 10.8 Å². The molecule has 172 valence electrons. The van der Waals surface area contributed by atoms with Gasteiger partial charge in [0.25, 0.3) is 0 Å². The van der Waals surface area contributed by atoms with E-state index in [9.17, 15) is 14.4 Å². The summed E-state index contributed by atoms with van der Waals surface area (Å²) >= 11 is 4.87. The largest absolute Gasteiger partial charge is 2.00 e. The minimum absolute atomic E-state index is 0. The van der Waals surface area contributed by atoms with Gasteiger partial charge in [0.05, 0.1) is 0 Å². The van der Waals surface area contributed by atoms with E-state index in [4.69, 9.17) is 16.3 Å². The number of rotatable bonds is 3. The van der Waals surface area contributed by atoms with Crippen LogP contribution in [0.4, 0.5) is 0 Å². The predicted molar refractivity (Wildman–Crippen MR) is 123 cm³/mol. The van der Waals surface area contributed by atoms with Gasteiger partial charge in [-0.1, -0.05) is 13.2 Å². The molecule has 0 amide bonds. The molecule has 4 aliphatic carbocycles. The molecule has 4 aliphatic rings. The molecule has 0 heterocycles. The number of Topliss-reactive ketones (excluding diaryl/α,β-unsaturated/α-hetero) is 1. The van der Waals surface area contributed by atoms with Crippen LogP contribution in [0.15, 0.2) is 24.3 Å². The summed E-state index contributed by atoms with van der Waals surface area (Å²) in [4.78, 5) is 32.3. The van der Waals surface area contributed by atoms with E-state index in [1.54, 1.807) is 13.8 Å². The van der Waals surface area contributed by atoms with Crippen molar-refractivity contribution >= 4 is 51.6 Å². The maximum absolute atomic E-state index is 11.5. The molecule has 0 aromatic carbocycles. The van der Waals surface area contributed by atoms with Crippen LogP contribution in [0, 0.1) is 18.3 Å². The first-order valence-electron chi connectivity index (χ1n) is 10.2. The first-order chi connectivity index (χ1) is 13.0. The van der Waals surface area contributed by atoms with Gasteiger partial charge in [-0.25, -0.2) is 4.79 Å². The number of allylic oxidation sites excluding steroid dienone is 1. The van der Waals surface area contributed by atoms with Crippen molar-refractivity contribution in [1.82, 2.24) is 0 Å². The summed E-state index contributed by atoms with van der Waals surface area (Å²) < 4.78 is 5.60. The Morgan fingerprint density at radius 1 is 0.935 bits per heavy atom. The topological polar surface area (TPSA) is 60.4 Å². The van der Waals surface area contributed by atoms with Crippen LogP contribution in [0.2, 0.25) is 0 Å². The van der Waals surface area contributed by atoms with Crippen LogP contribution in [0.3, 0.4) is 0 Å². The summed E-state index contributed by atoms with van der Waals surface area (Å²) in [5.41, 5.74) is 1.28. The molecule has 4 nitrogen and oxygen atoms in total. The summed E-state index contributed by atoms with van der Waals surface area (Å²) in [5, 5.41) is -0.463. The van der Waals surface area contributed by atoms with E-state index in [1.165, 1.54) is 51.4 Å². The Morgan fingerprint density at radius 2 is 1.45 bits per heavy atom. The monoisotopic (exact) mass is 526 g/mol. The van der Waals surface area contributed by atoms with Gasteiger partial charge in [0.15, 0.2) is 0 Å². The molecule has 0 radical (unpaired) electrons. The Bertz CT molecular complexity index is 686. The summed E-state index contributed by atoms with van der Waals surface area (Å²) in [6, 6.07) is 0. The molecule has 0 N–H and O–H groups in total. The van der Waals surface area contributed by atoms with E-state index >= 15 is 0 Å². The SMILES string of the molecule is C=C(C)C(=O)Cl.C=C(C)C(=O)OC1(C)CCCC12CC2.O=C1CCCC12CC2.[Br-].[CH3-].[Mg+2]. The number of carbonyl (C=O) groups is 3. The fourth-order valence-electron chi connectivity index (χ4n) is 4.35. The van der Waals surface area contributed by atoms with Crippen LogP contribution in [0.5, 0.6) is 0 Å². The average Bonchev–Trinajstić information content (AvgIpc) is 3.48. The van der Waals surface area contributed by atoms with Crippen LogP contribution in [0.1, 0.15) is 85.0 Å². The van der Waals surface area contributed by atoms with Crippen LogP contribution in [0.25, 0.3) is 0 Å². The van der Waals surface area contributed by atoms with E-state index in [0.717, 1.165) is 12.8 Å². The van der Waals surface area contributed by atoms with Crippen molar-refractivity contribution in [1.29, 1.82) is 0 Å². The summed E-state index contributed by atoms with van der Waals surface area (Å²) in [7, 11) is 0. The van der Waals surface area contributed by atoms with Gasteiger partial charge in [-0.2, -0.15) is 0 Å². The summed E-state index contributed by atoms with van der Waals surface area (Å²) in [6.45, 7) is 12.3. The molecule has 0 aromatic heterocycles. The van der Waals surface area contributed by atoms with Crippen molar-refractivity contribution in [2.75, 3.05) is 0 Å². The van der Waals surface area contributed by atoms with Crippen molar-refractivity contribution < 1.29 is 36.1 Å². The van der Waals surface area contributed by atoms with E-state index < -0.39 is 5.24 Å². The number of hydrogen-bond acceptors (Lipinski definition) is 4. The fraction of sp³-hybridized carbons (Fsp3) is 0.667. The molecular formula is C24H36BrClMgO4. The number of carbonyl (C=O) groups excluding carboxylic acids is 3. The third-order valence-corrected chi connectivity index (χ3v) is 7.11. The second kappa shape index (κ2) is 12.9. The Balaban J connectivity index is 0. The van der Waals surface area contributed by atoms with E-state index in [0.29, 0.717) is 22.3 Å². The summed E-state index contributed by atoms with van der Waals surface area (Å²) in [6.07, 6.45) is 11.5. The first-order valence-corrected chi connectivity index (χ1v) is 10.6. The predicted octanol–water partition coefficient (Wildman–Crippen LogP) is 2.75. The standard InChI is InChI=1S/C12H18O2.C7H10O.C4H5ClO.CH3.BrH.Mg/c1-9(2)10(13)14-11(3)5-4-6-12(11)7-8-12;8-6-2-1-3-7(6)4-5-7;1-3(2)4(5)6;;;/h1,4-8H2,2-3H3;1-5H2;1H2,2H3;1H3;1H;/q;;;-1;;+2/p-1. The molecule has 0 aromatic rings. The van der Waals surface area contributed by atoms with Gasteiger partial charge in [-0.15, -0.1) is 0 Å². The van der Waals surface area contributed by atoms with E-state index in [1.807, 2.05) is 0 Å². The van der Waals surface area contributed by atoms with Gasteiger partial charge >= 0.3 is 29.0 Å². The van der Waals surface area contributed by atoms with Crippen LogP contribution in [-0.2, 0) is 19.1 Å². The Hall–Kier alpha value is -0.174. The van der Waals surface area contributed by atoms with E-state index in [-0.39, 0.29) is 64.4 Å². The number of ether oxygens (including phenoxy) is 1. The number of hydrogen-bond donors (Lipinski definition) is 0. The van der Waals surface area contributed by atoms with Gasteiger partial charge in [-0.05, 0) is 90.2 Å². The van der Waals surface area contributed by atoms with Crippen LogP contribution < -0.4 is 17.0 Å². The molecule has 4 fully saturated rings. The van der Waals surface area contributed by atoms with E-state index in [2.05, 4.69) is 20.1 Å². The maximum Gasteiger partial charge on any atom is 2.00 e. The summed E-state index contributed by atoms with van der Waals surface area (Å²) in [5.74, 6) is 0.332. The second-order valence-corrected chi connectivity index (χ2v) is 9.49. The molecule has 4 rings (SSSR count). The number of esters is 1. The molecule has 0 bridgehead atoms. The smallest absolute Gasteiger partial charge is 1.00 e. The molecule has 7 heteroatoms. The fourth-order valence-corrected chi connectivity index (χ4v) is 4.35. The van der Waals surface area contributed by atoms with Crippen molar-refractivity contribution in [2.45, 2.75) is 90.6 Å². The zero-order valence-electron chi connectivity index (χ0n) is 19.6. The quantitative estimate of drug-likeness (QED) is 0.186. The molecule has 31 heavy (non-hydrogen) atoms. The Kier molecular flexibility index (Phi) is 13.7. The average molecular weight is 528 g/mol. The number of halogens is 2. The van der Waals surface area contributed by atoms with Gasteiger partial charge in [-0.3, -0.25) is 9.59 Å². The molecule has 0 saturated heterocycles. The Morgan fingerprint density at radius 3 is 1.74 bits per heavy atom. The molecule has 0 aliphatic heterocycles. The van der Waals surface area contributed by atoms with Crippen molar-refractivity contribution in [3.63, 3.8) is 0 Å². The molecule has 4 saturated carbocycles. The normalized spacial score (nSPS) is 24.6. The first kappa shape index (κ1) is 33.0. The number of ketones is 1. The van der Waals surface area contributed by atoms with Gasteiger partial charge in [0.1, 0.15) is 11.4 Å². The van der Waals surface area contributed by atoms with Gasteiger partial charge in [0, 0.05) is 28.4 Å². The minimum Gasteiger partial charge on any atom is -1.00 e. The maximum atomic E-state index is 11.5. The zero-order valence-corrected chi connectivity index (χ0v) is 23.3. The molecule has 1 atom stereocenters. The minimum atomic E-state index is -0.463. The molecule has 1 unspecified atom stereocenters. The van der Waals surface area contributed by atoms with Crippen LogP contribution >= 0.6 is 11.6 Å². The Labute approximate surface area is 219 Å². The van der Waals surface area contributed by atoms with Gasteiger partial charge in [0.2, 0.25) is 5.24 Å². The molecule has 2 spiro atoms. The second-order valence-electron chi connectivity index (χ2n) is 9.15. The third kappa shape index (κ3) is 8.28. The van der Waals surface area contributed by atoms with Crippen LogP contribution in [-0.4, -0.2) is 45.6 Å².